The first kappa shape index (κ1) is 11.5. The van der Waals surface area contributed by atoms with Crippen molar-refractivity contribution in [3.05, 3.63) is 12.7 Å². The van der Waals surface area contributed by atoms with E-state index < -0.39 is 16.5 Å². The van der Waals surface area contributed by atoms with E-state index in [1.54, 1.807) is 6.26 Å². The lowest BCUT2D eigenvalue weighted by Crippen LogP contribution is -2.59. The molecule has 0 aliphatic rings. The van der Waals surface area contributed by atoms with Gasteiger partial charge in [0.05, 0.1) is 0 Å². The number of rotatable bonds is 3. The molecule has 0 aliphatic carbocycles. The third-order valence-electron chi connectivity index (χ3n) is 1.99. The molecule has 3 nitrogen and oxygen atoms in total. The first-order valence-electron chi connectivity index (χ1n) is 4.91. The molecule has 0 bridgehead atoms. The summed E-state index contributed by atoms with van der Waals surface area (Å²) in [5.74, 6) is 1.02. The number of hydrogen-bond donors (Lipinski definition) is 0. The van der Waals surface area contributed by atoms with Crippen LogP contribution in [0.3, 0.4) is 0 Å². The van der Waals surface area contributed by atoms with Crippen LogP contribution in [-0.2, 0) is 0 Å². The van der Waals surface area contributed by atoms with Crippen molar-refractivity contribution in [3.63, 3.8) is 0 Å². The van der Waals surface area contributed by atoms with Gasteiger partial charge in [0.1, 0.15) is 22.7 Å². The molecular formula is C9H20N2OSi2. The number of aromatic nitrogens is 1. The molecule has 1 heterocycles. The van der Waals surface area contributed by atoms with E-state index in [4.69, 9.17) is 4.42 Å². The fourth-order valence-electron chi connectivity index (χ4n) is 2.01. The van der Waals surface area contributed by atoms with Crippen LogP contribution in [0, 0.1) is 0 Å². The second-order valence-electron chi connectivity index (χ2n) is 5.52. The lowest BCUT2D eigenvalue weighted by molar-refractivity contribution is 0.558. The predicted octanol–water partition coefficient (Wildman–Crippen LogP) is 3.15. The minimum atomic E-state index is -1.35. The van der Waals surface area contributed by atoms with E-state index in [0.29, 0.717) is 0 Å². The average molecular weight is 228 g/mol. The summed E-state index contributed by atoms with van der Waals surface area (Å²) in [6.45, 7) is 14.1. The molecule has 1 aromatic heterocycles. The minimum Gasteiger partial charge on any atom is -0.450 e. The van der Waals surface area contributed by atoms with E-state index in [1.807, 2.05) is 0 Å². The van der Waals surface area contributed by atoms with Gasteiger partial charge in [-0.2, -0.15) is 0 Å². The van der Waals surface area contributed by atoms with E-state index in [1.165, 1.54) is 6.39 Å². The Kier molecular flexibility index (Phi) is 2.92. The molecule has 0 saturated heterocycles. The average Bonchev–Trinajstić information content (AvgIpc) is 2.31. The Bertz CT molecular complexity index is 271. The first-order valence-corrected chi connectivity index (χ1v) is 11.8. The number of nitrogens with zero attached hydrogens (tertiary/aromatic N) is 2. The molecule has 1 rings (SSSR count). The summed E-state index contributed by atoms with van der Waals surface area (Å²) in [4.78, 5) is 4.28. The van der Waals surface area contributed by atoms with E-state index in [9.17, 15) is 0 Å². The Morgan fingerprint density at radius 3 is 1.86 bits per heavy atom. The zero-order chi connectivity index (χ0) is 11.0. The Morgan fingerprint density at radius 2 is 1.57 bits per heavy atom. The van der Waals surface area contributed by atoms with Crippen LogP contribution >= 0.6 is 0 Å². The summed E-state index contributed by atoms with van der Waals surface area (Å²) in [6, 6.07) is 0. The van der Waals surface area contributed by atoms with Crippen molar-refractivity contribution in [2.45, 2.75) is 39.3 Å². The highest BCUT2D eigenvalue weighted by atomic mass is 28.4. The molecule has 0 fully saturated rings. The largest absolute Gasteiger partial charge is 0.450 e. The van der Waals surface area contributed by atoms with Crippen LogP contribution in [-0.4, -0.2) is 21.5 Å². The first-order chi connectivity index (χ1) is 6.23. The zero-order valence-electron chi connectivity index (χ0n) is 9.96. The molecular weight excluding hydrogens is 208 g/mol. The normalized spacial score (nSPS) is 13.0. The van der Waals surface area contributed by atoms with Gasteiger partial charge in [-0.15, -0.1) is 0 Å². The third kappa shape index (κ3) is 2.48. The molecule has 0 spiro atoms. The number of hydrogen-bond acceptors (Lipinski definition) is 3. The van der Waals surface area contributed by atoms with E-state index in [0.717, 1.165) is 5.82 Å². The highest BCUT2D eigenvalue weighted by molar-refractivity contribution is 6.99. The zero-order valence-corrected chi connectivity index (χ0v) is 12.0. The maximum absolute atomic E-state index is 5.08. The summed E-state index contributed by atoms with van der Waals surface area (Å²) in [6.07, 6.45) is 3.28. The molecule has 80 valence electrons. The molecule has 0 amide bonds. The summed E-state index contributed by atoms with van der Waals surface area (Å²) in [5, 5.41) is 0. The van der Waals surface area contributed by atoms with Crippen LogP contribution in [0.15, 0.2) is 17.1 Å². The molecule has 0 radical (unpaired) electrons. The summed E-state index contributed by atoms with van der Waals surface area (Å²) >= 11 is 0. The van der Waals surface area contributed by atoms with Crippen LogP contribution < -0.4 is 4.23 Å². The van der Waals surface area contributed by atoms with Gasteiger partial charge in [-0.25, -0.2) is 4.98 Å². The van der Waals surface area contributed by atoms with Gasteiger partial charge >= 0.3 is 0 Å². The number of anilines is 1. The van der Waals surface area contributed by atoms with E-state index >= 15 is 0 Å². The van der Waals surface area contributed by atoms with Crippen LogP contribution in [0.2, 0.25) is 39.3 Å². The lowest BCUT2D eigenvalue weighted by atomic mass is 10.8. The predicted molar refractivity (Wildman–Crippen MR) is 65.7 cm³/mol. The summed E-state index contributed by atoms with van der Waals surface area (Å²) < 4.78 is 7.61. The summed E-state index contributed by atoms with van der Waals surface area (Å²) in [5.41, 5.74) is 0. The van der Waals surface area contributed by atoms with Crippen LogP contribution in [0.1, 0.15) is 0 Å². The SMILES string of the molecule is C[Si](C)(C)N(c1cocn1)[Si](C)(C)C. The highest BCUT2D eigenvalue weighted by Crippen LogP contribution is 2.26. The molecule has 5 heteroatoms. The fraction of sp³-hybridized carbons (Fsp3) is 0.667. The van der Waals surface area contributed by atoms with Gasteiger partial charge in [0, 0.05) is 0 Å². The Balaban J connectivity index is 3.08. The molecule has 0 saturated carbocycles. The van der Waals surface area contributed by atoms with Gasteiger partial charge in [-0.1, -0.05) is 39.3 Å². The van der Waals surface area contributed by atoms with Gasteiger partial charge in [0.2, 0.25) is 0 Å². The van der Waals surface area contributed by atoms with Gasteiger partial charge in [-0.05, 0) is 0 Å². The monoisotopic (exact) mass is 228 g/mol. The van der Waals surface area contributed by atoms with Gasteiger partial charge in [-0.3, -0.25) is 0 Å². The molecule has 14 heavy (non-hydrogen) atoms. The maximum atomic E-state index is 5.08. The molecule has 0 unspecified atom stereocenters. The second-order valence-corrected chi connectivity index (χ2v) is 15.5. The number of oxazole rings is 1. The Morgan fingerprint density at radius 1 is 1.07 bits per heavy atom. The molecule has 1 aromatic rings. The molecule has 0 atom stereocenters. The standard InChI is InChI=1S/C9H20N2OSi2/c1-13(2,3)11(14(4,5)6)9-7-12-8-10-9/h7-8H,1-6H3. The van der Waals surface area contributed by atoms with Crippen LogP contribution in [0.25, 0.3) is 0 Å². The van der Waals surface area contributed by atoms with Gasteiger partial charge < -0.3 is 8.65 Å². The van der Waals surface area contributed by atoms with Crippen LogP contribution in [0.4, 0.5) is 5.82 Å². The Labute approximate surface area is 88.3 Å². The van der Waals surface area contributed by atoms with Gasteiger partial charge in [0.15, 0.2) is 12.2 Å². The topological polar surface area (TPSA) is 29.3 Å². The lowest BCUT2D eigenvalue weighted by Gasteiger charge is -2.43. The molecule has 0 aliphatic heterocycles. The van der Waals surface area contributed by atoms with Crippen molar-refractivity contribution in [1.29, 1.82) is 0 Å². The van der Waals surface area contributed by atoms with E-state index in [-0.39, 0.29) is 0 Å². The third-order valence-corrected chi connectivity index (χ3v) is 9.16. The highest BCUT2D eigenvalue weighted by Gasteiger charge is 2.35. The maximum Gasteiger partial charge on any atom is 0.182 e. The second kappa shape index (κ2) is 3.54. The Hall–Kier alpha value is -0.556. The minimum absolute atomic E-state index is 1.02. The van der Waals surface area contributed by atoms with Crippen molar-refractivity contribution < 1.29 is 4.42 Å². The fourth-order valence-corrected chi connectivity index (χ4v) is 11.7. The van der Waals surface area contributed by atoms with Crippen LogP contribution in [0.5, 0.6) is 0 Å². The van der Waals surface area contributed by atoms with Gasteiger partial charge in [0.25, 0.3) is 0 Å². The quantitative estimate of drug-likeness (QED) is 0.744. The smallest absolute Gasteiger partial charge is 0.182 e. The van der Waals surface area contributed by atoms with Crippen molar-refractivity contribution in [2.75, 3.05) is 4.23 Å². The van der Waals surface area contributed by atoms with E-state index in [2.05, 4.69) is 48.5 Å². The molecule has 0 N–H and O–H groups in total. The van der Waals surface area contributed by atoms with Crippen molar-refractivity contribution in [2.24, 2.45) is 0 Å². The molecule has 0 aromatic carbocycles. The summed E-state index contributed by atoms with van der Waals surface area (Å²) in [7, 11) is -2.71. The van der Waals surface area contributed by atoms with Crippen molar-refractivity contribution in [3.8, 4) is 0 Å². The van der Waals surface area contributed by atoms with Crippen molar-refractivity contribution in [1.82, 2.24) is 4.98 Å². The van der Waals surface area contributed by atoms with Crippen molar-refractivity contribution >= 4 is 22.3 Å².